The summed E-state index contributed by atoms with van der Waals surface area (Å²) in [7, 11) is -2.76. The van der Waals surface area contributed by atoms with Gasteiger partial charge in [0.2, 0.25) is 5.91 Å². The molecule has 3 aromatic rings. The molecule has 2 heterocycles. The van der Waals surface area contributed by atoms with E-state index in [1.807, 2.05) is 0 Å². The third kappa shape index (κ3) is 2.96. The first-order valence-corrected chi connectivity index (χ1v) is 11.8. The Morgan fingerprint density at radius 3 is 2.30 bits per heavy atom. The van der Waals surface area contributed by atoms with Crippen molar-refractivity contribution in [2.24, 2.45) is 0 Å². The SMILES string of the molecule is COc1ccc(N2C(=O)CS(=O)(=O)C23C(=O)N(Cc2ccc(F)cc2)c2ccccc23)cc1. The molecule has 1 unspecified atom stereocenters. The van der Waals surface area contributed by atoms with Crippen LogP contribution in [0.5, 0.6) is 5.75 Å². The number of methoxy groups -OCH3 is 1. The van der Waals surface area contributed by atoms with Crippen molar-refractivity contribution < 1.29 is 27.1 Å². The van der Waals surface area contributed by atoms with Gasteiger partial charge in [0.05, 0.1) is 19.3 Å². The standard InChI is InChI=1S/C24H19FN2O5S/c1-32-19-12-10-18(11-13-19)27-22(28)15-33(30,31)24(27)20-4-2-3-5-21(20)26(23(24)29)14-16-6-8-17(25)9-7-16/h2-13H,14-15H2,1H3. The van der Waals surface area contributed by atoms with Crippen LogP contribution in [0.4, 0.5) is 15.8 Å². The van der Waals surface area contributed by atoms with Crippen molar-refractivity contribution in [3.05, 3.63) is 89.7 Å². The number of halogens is 1. The fourth-order valence-electron chi connectivity index (χ4n) is 4.55. The van der Waals surface area contributed by atoms with Crippen LogP contribution in [0, 0.1) is 5.82 Å². The molecule has 5 rings (SSSR count). The molecule has 1 spiro atoms. The zero-order valence-corrected chi connectivity index (χ0v) is 18.4. The van der Waals surface area contributed by atoms with Gasteiger partial charge >= 0.3 is 0 Å². The number of benzene rings is 3. The normalized spacial score (nSPS) is 21.0. The fraction of sp³-hybridized carbons (Fsp3) is 0.167. The Morgan fingerprint density at radius 1 is 0.970 bits per heavy atom. The van der Waals surface area contributed by atoms with E-state index in [1.165, 1.54) is 36.3 Å². The maximum Gasteiger partial charge on any atom is 0.274 e. The van der Waals surface area contributed by atoms with Crippen molar-refractivity contribution >= 4 is 33.0 Å². The number of rotatable bonds is 4. The molecule has 3 aromatic carbocycles. The van der Waals surface area contributed by atoms with Gasteiger partial charge < -0.3 is 9.64 Å². The summed E-state index contributed by atoms with van der Waals surface area (Å²) in [5, 5.41) is 0. The van der Waals surface area contributed by atoms with E-state index in [9.17, 15) is 22.4 Å². The van der Waals surface area contributed by atoms with Crippen LogP contribution in [0.25, 0.3) is 0 Å². The number of hydrogen-bond donors (Lipinski definition) is 0. The molecule has 0 radical (unpaired) electrons. The number of fused-ring (bicyclic) bond motifs is 2. The first-order valence-electron chi connectivity index (χ1n) is 10.1. The van der Waals surface area contributed by atoms with E-state index in [0.717, 1.165) is 4.90 Å². The Kier molecular flexibility index (Phi) is 4.75. The van der Waals surface area contributed by atoms with E-state index >= 15 is 0 Å². The van der Waals surface area contributed by atoms with Gasteiger partial charge in [0.1, 0.15) is 17.3 Å². The minimum atomic E-state index is -4.25. The second-order valence-corrected chi connectivity index (χ2v) is 9.97. The van der Waals surface area contributed by atoms with Gasteiger partial charge in [0.15, 0.2) is 9.84 Å². The summed E-state index contributed by atoms with van der Waals surface area (Å²) in [6, 6.07) is 18.5. The Bertz CT molecular complexity index is 1370. The molecule has 0 aliphatic carbocycles. The van der Waals surface area contributed by atoms with Gasteiger partial charge in [-0.25, -0.2) is 12.8 Å². The molecule has 33 heavy (non-hydrogen) atoms. The van der Waals surface area contributed by atoms with E-state index < -0.39 is 38.1 Å². The monoisotopic (exact) mass is 466 g/mol. The van der Waals surface area contributed by atoms with Crippen molar-refractivity contribution in [3.8, 4) is 5.75 Å². The molecular formula is C24H19FN2O5S. The smallest absolute Gasteiger partial charge is 0.274 e. The van der Waals surface area contributed by atoms with Crippen LogP contribution in [0.15, 0.2) is 72.8 Å². The van der Waals surface area contributed by atoms with Gasteiger partial charge in [-0.15, -0.1) is 0 Å². The van der Waals surface area contributed by atoms with E-state index in [1.54, 1.807) is 48.5 Å². The molecule has 0 N–H and O–H groups in total. The minimum absolute atomic E-state index is 0.0258. The second kappa shape index (κ2) is 7.41. The molecule has 0 aromatic heterocycles. The first kappa shape index (κ1) is 21.1. The van der Waals surface area contributed by atoms with E-state index in [-0.39, 0.29) is 17.8 Å². The molecule has 1 atom stereocenters. The van der Waals surface area contributed by atoms with Crippen molar-refractivity contribution in [2.75, 3.05) is 22.7 Å². The van der Waals surface area contributed by atoms with Crippen LogP contribution in [0.1, 0.15) is 11.1 Å². The average molecular weight is 466 g/mol. The van der Waals surface area contributed by atoms with Crippen LogP contribution in [0.2, 0.25) is 0 Å². The second-order valence-electron chi connectivity index (χ2n) is 7.87. The number of sulfone groups is 1. The van der Waals surface area contributed by atoms with Crippen LogP contribution in [0.3, 0.4) is 0 Å². The lowest BCUT2D eigenvalue weighted by Crippen LogP contribution is -2.54. The predicted octanol–water partition coefficient (Wildman–Crippen LogP) is 3.00. The summed E-state index contributed by atoms with van der Waals surface area (Å²) in [6.07, 6.45) is 0. The maximum atomic E-state index is 14.0. The van der Waals surface area contributed by atoms with Gasteiger partial charge in [-0.05, 0) is 48.0 Å². The average Bonchev–Trinajstić information content (AvgIpc) is 3.18. The molecule has 0 bridgehead atoms. The maximum absolute atomic E-state index is 14.0. The zero-order valence-electron chi connectivity index (χ0n) is 17.6. The largest absolute Gasteiger partial charge is 0.497 e. The molecule has 2 amide bonds. The Labute approximate surface area is 189 Å². The van der Waals surface area contributed by atoms with Crippen LogP contribution < -0.4 is 14.5 Å². The summed E-state index contributed by atoms with van der Waals surface area (Å²) in [4.78, 5) is 27.3. The number of carbonyl (C=O) groups is 2. The van der Waals surface area contributed by atoms with E-state index in [4.69, 9.17) is 4.74 Å². The lowest BCUT2D eigenvalue weighted by molar-refractivity contribution is -0.123. The highest BCUT2D eigenvalue weighted by atomic mass is 32.2. The van der Waals surface area contributed by atoms with Gasteiger partial charge in [-0.1, -0.05) is 30.3 Å². The molecular weight excluding hydrogens is 447 g/mol. The summed E-state index contributed by atoms with van der Waals surface area (Å²) >= 11 is 0. The topological polar surface area (TPSA) is 84.0 Å². The van der Waals surface area contributed by atoms with Crippen molar-refractivity contribution in [3.63, 3.8) is 0 Å². The van der Waals surface area contributed by atoms with Crippen LogP contribution in [-0.4, -0.2) is 33.1 Å². The van der Waals surface area contributed by atoms with E-state index in [0.29, 0.717) is 17.0 Å². The Hall–Kier alpha value is -3.72. The van der Waals surface area contributed by atoms with Crippen LogP contribution >= 0.6 is 0 Å². The molecule has 0 saturated carbocycles. The number of anilines is 2. The minimum Gasteiger partial charge on any atom is -0.497 e. The lowest BCUT2D eigenvalue weighted by atomic mass is 10.0. The summed E-state index contributed by atoms with van der Waals surface area (Å²) < 4.78 is 45.6. The van der Waals surface area contributed by atoms with Gasteiger partial charge in [0.25, 0.3) is 10.8 Å². The highest BCUT2D eigenvalue weighted by Crippen LogP contribution is 2.52. The quantitative estimate of drug-likeness (QED) is 0.590. The fourth-order valence-corrected chi connectivity index (χ4v) is 6.58. The Balaban J connectivity index is 1.70. The third-order valence-corrected chi connectivity index (χ3v) is 8.11. The van der Waals surface area contributed by atoms with Gasteiger partial charge in [0, 0.05) is 11.3 Å². The summed E-state index contributed by atoms with van der Waals surface area (Å²) in [5.74, 6) is -2.11. The zero-order chi connectivity index (χ0) is 23.4. The number of ether oxygens (including phenoxy) is 1. The number of hydrogen-bond acceptors (Lipinski definition) is 5. The summed E-state index contributed by atoms with van der Waals surface area (Å²) in [5.41, 5.74) is 1.50. The molecule has 1 fully saturated rings. The number of amides is 2. The summed E-state index contributed by atoms with van der Waals surface area (Å²) in [6.45, 7) is 0.0258. The van der Waals surface area contributed by atoms with Crippen molar-refractivity contribution in [1.29, 1.82) is 0 Å². The lowest BCUT2D eigenvalue weighted by Gasteiger charge is -2.32. The molecule has 2 aliphatic heterocycles. The molecule has 168 valence electrons. The van der Waals surface area contributed by atoms with Crippen molar-refractivity contribution in [2.45, 2.75) is 11.4 Å². The van der Waals surface area contributed by atoms with Gasteiger partial charge in [-0.2, -0.15) is 0 Å². The highest BCUT2D eigenvalue weighted by molar-refractivity contribution is 7.94. The molecule has 2 aliphatic rings. The number of para-hydroxylation sites is 1. The number of nitrogens with zero attached hydrogens (tertiary/aromatic N) is 2. The first-order chi connectivity index (χ1) is 15.8. The molecule has 1 saturated heterocycles. The third-order valence-electron chi connectivity index (χ3n) is 6.01. The predicted molar refractivity (Wildman–Crippen MR) is 120 cm³/mol. The van der Waals surface area contributed by atoms with Crippen LogP contribution in [-0.2, 0) is 30.8 Å². The van der Waals surface area contributed by atoms with Crippen molar-refractivity contribution in [1.82, 2.24) is 0 Å². The Morgan fingerprint density at radius 2 is 1.64 bits per heavy atom. The molecule has 7 nitrogen and oxygen atoms in total. The molecule has 9 heteroatoms. The van der Waals surface area contributed by atoms with E-state index in [2.05, 4.69) is 0 Å². The number of carbonyl (C=O) groups excluding carboxylic acids is 2. The van der Waals surface area contributed by atoms with Gasteiger partial charge in [-0.3, -0.25) is 14.5 Å². The highest BCUT2D eigenvalue weighted by Gasteiger charge is 2.69.